The SMILES string of the molecule is COc1nc(/C=C(\C)C2C/C=C(/CO)CCC[C@H](C)C(O)[C@@H](C)C(=O)C(C)(C)CCC(=O)O2)cs1. The lowest BCUT2D eigenvalue weighted by molar-refractivity contribution is -0.148. The molecule has 0 bridgehead atoms. The van der Waals surface area contributed by atoms with Crippen molar-refractivity contribution in [3.05, 3.63) is 28.3 Å². The predicted octanol–water partition coefficient (Wildman–Crippen LogP) is 4.97. The Bertz CT molecular complexity index is 919. The predicted molar refractivity (Wildman–Crippen MR) is 138 cm³/mol. The summed E-state index contributed by atoms with van der Waals surface area (Å²) >= 11 is 1.39. The van der Waals surface area contributed by atoms with Crippen LogP contribution in [0.4, 0.5) is 0 Å². The molecule has 8 heteroatoms. The molecule has 0 aliphatic carbocycles. The molecule has 0 aromatic carbocycles. The van der Waals surface area contributed by atoms with E-state index in [0.717, 1.165) is 29.7 Å². The molecule has 2 unspecified atom stereocenters. The molecule has 1 aromatic heterocycles. The van der Waals surface area contributed by atoms with Crippen molar-refractivity contribution in [3.8, 4) is 5.19 Å². The van der Waals surface area contributed by atoms with Gasteiger partial charge in [-0.2, -0.15) is 0 Å². The molecular formula is C27H41NO6S. The average molecular weight is 508 g/mol. The highest BCUT2D eigenvalue weighted by Gasteiger charge is 2.37. The number of carbonyl (C=O) groups is 2. The number of hydrogen-bond acceptors (Lipinski definition) is 8. The molecule has 2 N–H and O–H groups in total. The second-order valence-electron chi connectivity index (χ2n) is 10.3. The minimum atomic E-state index is -0.752. The summed E-state index contributed by atoms with van der Waals surface area (Å²) in [7, 11) is 1.57. The van der Waals surface area contributed by atoms with E-state index in [0.29, 0.717) is 24.5 Å². The standard InChI is InChI=1S/C27H41NO6S/c1-17-8-7-9-20(15-29)10-11-22(18(2)14-21-16-35-26(28-21)33-6)34-23(30)12-13-27(4,5)25(32)19(3)24(17)31/h10,14,16-17,19,22,24,29,31H,7-9,11-13,15H2,1-6H3/b18-14+,20-10+/t17-,19+,22?,24?/m0/s1. The lowest BCUT2D eigenvalue weighted by Crippen LogP contribution is -2.39. The minimum Gasteiger partial charge on any atom is -0.473 e. The number of thiazole rings is 1. The number of nitrogens with zero attached hydrogens (tertiary/aromatic N) is 1. The molecule has 0 fully saturated rings. The fourth-order valence-corrected chi connectivity index (χ4v) is 5.04. The molecule has 1 aromatic rings. The number of Topliss-reactive ketones (excluding diaryl/α,β-unsaturated/α-hetero) is 1. The first-order valence-corrected chi connectivity index (χ1v) is 13.2. The van der Waals surface area contributed by atoms with E-state index < -0.39 is 23.5 Å². The van der Waals surface area contributed by atoms with E-state index in [1.54, 1.807) is 14.0 Å². The zero-order valence-corrected chi connectivity index (χ0v) is 22.7. The van der Waals surface area contributed by atoms with E-state index in [9.17, 15) is 19.8 Å². The lowest BCUT2D eigenvalue weighted by Gasteiger charge is -2.31. The second kappa shape index (κ2) is 13.3. The molecule has 0 amide bonds. The van der Waals surface area contributed by atoms with E-state index in [2.05, 4.69) is 4.98 Å². The highest BCUT2D eigenvalue weighted by Crippen LogP contribution is 2.32. The quantitative estimate of drug-likeness (QED) is 0.438. The molecule has 0 spiro atoms. The van der Waals surface area contributed by atoms with Crippen LogP contribution < -0.4 is 4.74 Å². The molecule has 2 rings (SSSR count). The van der Waals surface area contributed by atoms with Crippen LogP contribution in [0.2, 0.25) is 0 Å². The fraction of sp³-hybridized carbons (Fsp3) is 0.667. The number of cyclic esters (lactones) is 1. The molecule has 7 nitrogen and oxygen atoms in total. The van der Waals surface area contributed by atoms with Crippen molar-refractivity contribution in [2.75, 3.05) is 13.7 Å². The smallest absolute Gasteiger partial charge is 0.306 e. The fourth-order valence-electron chi connectivity index (χ4n) is 4.44. The van der Waals surface area contributed by atoms with Crippen LogP contribution in [0, 0.1) is 17.3 Å². The number of rotatable bonds is 4. The number of ether oxygens (including phenoxy) is 2. The molecule has 4 atom stereocenters. The molecule has 2 heterocycles. The number of carbonyl (C=O) groups excluding carboxylic acids is 2. The maximum Gasteiger partial charge on any atom is 0.306 e. The monoisotopic (exact) mass is 507 g/mol. The van der Waals surface area contributed by atoms with Crippen molar-refractivity contribution in [3.63, 3.8) is 0 Å². The summed E-state index contributed by atoms with van der Waals surface area (Å²) in [5.41, 5.74) is 1.68. The van der Waals surface area contributed by atoms with Gasteiger partial charge in [-0.3, -0.25) is 9.59 Å². The van der Waals surface area contributed by atoms with Crippen LogP contribution in [-0.2, 0) is 14.3 Å². The van der Waals surface area contributed by atoms with Crippen molar-refractivity contribution in [1.29, 1.82) is 0 Å². The minimum absolute atomic E-state index is 0.0437. The highest BCUT2D eigenvalue weighted by atomic mass is 32.1. The number of hydrogen-bond donors (Lipinski definition) is 2. The normalized spacial score (nSPS) is 29.3. The molecular weight excluding hydrogens is 466 g/mol. The van der Waals surface area contributed by atoms with Crippen LogP contribution in [0.15, 0.2) is 22.6 Å². The molecule has 1 aliphatic rings. The van der Waals surface area contributed by atoms with Gasteiger partial charge in [0.1, 0.15) is 11.9 Å². The third-order valence-electron chi connectivity index (χ3n) is 6.94. The van der Waals surface area contributed by atoms with Gasteiger partial charge in [-0.25, -0.2) is 4.98 Å². The van der Waals surface area contributed by atoms with Crippen molar-refractivity contribution in [2.24, 2.45) is 17.3 Å². The van der Waals surface area contributed by atoms with E-state index in [-0.39, 0.29) is 30.7 Å². The van der Waals surface area contributed by atoms with Crippen LogP contribution in [0.5, 0.6) is 5.19 Å². The Morgan fingerprint density at radius 3 is 2.66 bits per heavy atom. The van der Waals surface area contributed by atoms with E-state index in [1.165, 1.54) is 11.3 Å². The second-order valence-corrected chi connectivity index (χ2v) is 11.1. The molecule has 0 saturated heterocycles. The van der Waals surface area contributed by atoms with Crippen molar-refractivity contribution < 1.29 is 29.3 Å². The first-order chi connectivity index (χ1) is 16.5. The maximum atomic E-state index is 13.1. The van der Waals surface area contributed by atoms with Crippen LogP contribution in [0.25, 0.3) is 6.08 Å². The van der Waals surface area contributed by atoms with Gasteiger partial charge in [0.05, 0.1) is 25.5 Å². The summed E-state index contributed by atoms with van der Waals surface area (Å²) in [6, 6.07) is 0. The van der Waals surface area contributed by atoms with Gasteiger partial charge in [0.25, 0.3) is 5.19 Å². The van der Waals surface area contributed by atoms with E-state index in [1.807, 2.05) is 45.2 Å². The van der Waals surface area contributed by atoms with E-state index >= 15 is 0 Å². The summed E-state index contributed by atoms with van der Waals surface area (Å²) < 4.78 is 11.0. The first-order valence-electron chi connectivity index (χ1n) is 12.4. The molecule has 196 valence electrons. The van der Waals surface area contributed by atoms with Crippen LogP contribution in [0.1, 0.15) is 78.8 Å². The number of esters is 1. The summed E-state index contributed by atoms with van der Waals surface area (Å²) in [6.07, 6.45) is 5.64. The van der Waals surface area contributed by atoms with Gasteiger partial charge in [-0.05, 0) is 55.7 Å². The Labute approximate surface area is 213 Å². The lowest BCUT2D eigenvalue weighted by atomic mass is 9.74. The summed E-state index contributed by atoms with van der Waals surface area (Å²) in [4.78, 5) is 30.3. The van der Waals surface area contributed by atoms with Gasteiger partial charge in [-0.1, -0.05) is 45.1 Å². The van der Waals surface area contributed by atoms with Gasteiger partial charge in [0.15, 0.2) is 0 Å². The topological polar surface area (TPSA) is 106 Å². The summed E-state index contributed by atoms with van der Waals surface area (Å²) in [5, 5.41) is 23.1. The number of aliphatic hydroxyl groups excluding tert-OH is 2. The van der Waals surface area contributed by atoms with Crippen molar-refractivity contribution in [1.82, 2.24) is 4.98 Å². The third-order valence-corrected chi connectivity index (χ3v) is 7.76. The Morgan fingerprint density at radius 1 is 1.31 bits per heavy atom. The number of ketones is 1. The summed E-state index contributed by atoms with van der Waals surface area (Å²) in [5.74, 6) is -0.995. The van der Waals surface area contributed by atoms with Gasteiger partial charge in [-0.15, -0.1) is 0 Å². The van der Waals surface area contributed by atoms with Crippen LogP contribution in [-0.4, -0.2) is 52.9 Å². The Kier molecular flexibility index (Phi) is 11.1. The average Bonchev–Trinajstić information content (AvgIpc) is 3.29. The maximum absolute atomic E-state index is 13.1. The largest absolute Gasteiger partial charge is 0.473 e. The van der Waals surface area contributed by atoms with Gasteiger partial charge >= 0.3 is 5.97 Å². The van der Waals surface area contributed by atoms with Crippen molar-refractivity contribution in [2.45, 2.75) is 85.4 Å². The van der Waals surface area contributed by atoms with Crippen molar-refractivity contribution >= 4 is 29.2 Å². The van der Waals surface area contributed by atoms with E-state index in [4.69, 9.17) is 9.47 Å². The molecule has 35 heavy (non-hydrogen) atoms. The number of aliphatic hydroxyl groups is 2. The van der Waals surface area contributed by atoms with Crippen LogP contribution in [0.3, 0.4) is 0 Å². The Morgan fingerprint density at radius 2 is 2.03 bits per heavy atom. The zero-order valence-electron chi connectivity index (χ0n) is 21.9. The first kappa shape index (κ1) is 29.2. The highest BCUT2D eigenvalue weighted by molar-refractivity contribution is 7.11. The molecule has 1 aliphatic heterocycles. The Balaban J connectivity index is 2.31. The molecule has 0 radical (unpaired) electrons. The number of methoxy groups -OCH3 is 1. The van der Waals surface area contributed by atoms with Gasteiger partial charge in [0.2, 0.25) is 0 Å². The Hall–Kier alpha value is -2.03. The number of aromatic nitrogens is 1. The van der Waals surface area contributed by atoms with Crippen LogP contribution >= 0.6 is 11.3 Å². The third kappa shape index (κ3) is 8.54. The van der Waals surface area contributed by atoms with Gasteiger partial charge < -0.3 is 19.7 Å². The molecule has 0 saturated carbocycles. The zero-order chi connectivity index (χ0) is 26.2. The van der Waals surface area contributed by atoms with Gasteiger partial charge in [0, 0.05) is 29.6 Å². The summed E-state index contributed by atoms with van der Waals surface area (Å²) in [6.45, 7) is 9.20.